The molecule has 3 aromatic carbocycles. The molecule has 186 valence electrons. The molecule has 0 saturated heterocycles. The van der Waals surface area contributed by atoms with Crippen LogP contribution >= 0.6 is 11.6 Å². The van der Waals surface area contributed by atoms with Crippen LogP contribution in [0.3, 0.4) is 0 Å². The first-order valence-corrected chi connectivity index (χ1v) is 13.3. The molecule has 0 unspecified atom stereocenters. The molecule has 0 aromatic heterocycles. The van der Waals surface area contributed by atoms with E-state index < -0.39 is 17.5 Å². The van der Waals surface area contributed by atoms with Crippen LogP contribution in [0.5, 0.6) is 0 Å². The Morgan fingerprint density at radius 2 is 1.43 bits per heavy atom. The van der Waals surface area contributed by atoms with Gasteiger partial charge in [-0.3, -0.25) is 0 Å². The van der Waals surface area contributed by atoms with Crippen molar-refractivity contribution in [2.24, 2.45) is 5.92 Å². The predicted molar refractivity (Wildman–Crippen MR) is 139 cm³/mol. The van der Waals surface area contributed by atoms with Crippen molar-refractivity contribution in [2.45, 2.75) is 77.0 Å². The first-order valence-electron chi connectivity index (χ1n) is 13.0. The van der Waals surface area contributed by atoms with E-state index in [0.29, 0.717) is 23.8 Å². The van der Waals surface area contributed by atoms with Gasteiger partial charge in [-0.15, -0.1) is 0 Å². The van der Waals surface area contributed by atoms with Crippen molar-refractivity contribution in [3.05, 3.63) is 93.8 Å². The lowest BCUT2D eigenvalue weighted by molar-refractivity contribution is 0.310. The van der Waals surface area contributed by atoms with Gasteiger partial charge in [0.2, 0.25) is 0 Å². The third kappa shape index (κ3) is 6.70. The summed E-state index contributed by atoms with van der Waals surface area (Å²) in [4.78, 5) is 0. The maximum absolute atomic E-state index is 14.8. The van der Waals surface area contributed by atoms with E-state index in [1.165, 1.54) is 73.9 Å². The minimum Gasteiger partial charge on any atom is -0.206 e. The van der Waals surface area contributed by atoms with Gasteiger partial charge in [-0.2, -0.15) is 0 Å². The highest BCUT2D eigenvalue weighted by atomic mass is 35.5. The van der Waals surface area contributed by atoms with E-state index in [2.05, 4.69) is 31.2 Å². The van der Waals surface area contributed by atoms with E-state index in [0.717, 1.165) is 25.3 Å². The maximum atomic E-state index is 14.8. The zero-order valence-corrected chi connectivity index (χ0v) is 21.2. The lowest BCUT2D eigenvalue weighted by Gasteiger charge is -2.29. The van der Waals surface area contributed by atoms with Gasteiger partial charge >= 0.3 is 0 Å². The van der Waals surface area contributed by atoms with E-state index in [1.54, 1.807) is 0 Å². The second-order valence-corrected chi connectivity index (χ2v) is 10.4. The molecule has 35 heavy (non-hydrogen) atoms. The van der Waals surface area contributed by atoms with Gasteiger partial charge in [0.05, 0.1) is 10.6 Å². The first kappa shape index (κ1) is 25.8. The molecule has 0 aliphatic heterocycles. The topological polar surface area (TPSA) is 0 Å². The van der Waals surface area contributed by atoms with Gasteiger partial charge in [-0.25, -0.2) is 13.2 Å². The molecule has 4 heteroatoms. The number of unbranched alkanes of at least 4 members (excludes halogenated alkanes) is 2. The molecule has 1 aliphatic rings. The molecule has 0 N–H and O–H groups in total. The molecule has 0 spiro atoms. The standard InChI is InChI=1S/C31H34ClF3/c1-2-3-4-5-21-8-12-24(13-9-21)25-14-10-22(11-15-25)6-7-23-18-29(34)31(30(35)19-23)26-16-17-27(32)28(33)20-26/h8-9,12-13,16-20,22,25H,2-7,10-11,14-15H2,1H3. The lowest BCUT2D eigenvalue weighted by Crippen LogP contribution is -2.14. The van der Waals surface area contributed by atoms with Gasteiger partial charge in [0.15, 0.2) is 0 Å². The predicted octanol–water partition coefficient (Wildman–Crippen LogP) is 10.1. The molecule has 1 aliphatic carbocycles. The summed E-state index contributed by atoms with van der Waals surface area (Å²) in [5, 5.41) is -0.0691. The SMILES string of the molecule is CCCCCc1ccc(C2CCC(CCc3cc(F)c(-c4ccc(Cl)c(F)c4)c(F)c3)CC2)cc1. The normalized spacial score (nSPS) is 18.1. The summed E-state index contributed by atoms with van der Waals surface area (Å²) >= 11 is 5.70. The van der Waals surface area contributed by atoms with E-state index >= 15 is 0 Å². The van der Waals surface area contributed by atoms with E-state index in [4.69, 9.17) is 11.6 Å². The van der Waals surface area contributed by atoms with Crippen LogP contribution in [0, 0.1) is 23.4 Å². The number of benzene rings is 3. The Morgan fingerprint density at radius 3 is 2.06 bits per heavy atom. The Hall–Kier alpha value is -2.26. The molecule has 4 rings (SSSR count). The van der Waals surface area contributed by atoms with E-state index in [-0.39, 0.29) is 16.1 Å². The van der Waals surface area contributed by atoms with Gasteiger partial charge in [-0.1, -0.05) is 61.7 Å². The number of hydrogen-bond acceptors (Lipinski definition) is 0. The quantitative estimate of drug-likeness (QED) is 0.257. The van der Waals surface area contributed by atoms with Crippen molar-refractivity contribution in [3.8, 4) is 11.1 Å². The summed E-state index contributed by atoms with van der Waals surface area (Å²) in [6.45, 7) is 2.23. The molecule has 0 heterocycles. The van der Waals surface area contributed by atoms with E-state index in [9.17, 15) is 13.2 Å². The minimum atomic E-state index is -0.689. The summed E-state index contributed by atoms with van der Waals surface area (Å²) < 4.78 is 43.3. The van der Waals surface area contributed by atoms with Gasteiger partial charge in [0.1, 0.15) is 17.5 Å². The largest absolute Gasteiger partial charge is 0.206 e. The minimum absolute atomic E-state index is 0.0691. The third-order valence-corrected chi connectivity index (χ3v) is 7.82. The summed E-state index contributed by atoms with van der Waals surface area (Å²) in [6.07, 6.45) is 11.2. The van der Waals surface area contributed by atoms with Crippen LogP contribution in [0.25, 0.3) is 11.1 Å². The maximum Gasteiger partial charge on any atom is 0.142 e. The Labute approximate surface area is 212 Å². The van der Waals surface area contributed by atoms with Crippen LogP contribution in [0.1, 0.15) is 80.9 Å². The summed E-state index contributed by atoms with van der Waals surface area (Å²) in [5.74, 6) is -0.821. The monoisotopic (exact) mass is 498 g/mol. The number of rotatable bonds is 9. The van der Waals surface area contributed by atoms with Crippen molar-refractivity contribution in [1.82, 2.24) is 0 Å². The number of aryl methyl sites for hydroxylation is 2. The number of halogens is 4. The highest BCUT2D eigenvalue weighted by Gasteiger charge is 2.23. The van der Waals surface area contributed by atoms with Crippen LogP contribution < -0.4 is 0 Å². The van der Waals surface area contributed by atoms with Crippen molar-refractivity contribution >= 4 is 11.6 Å². The molecular weight excluding hydrogens is 465 g/mol. The van der Waals surface area contributed by atoms with Crippen LogP contribution in [0.15, 0.2) is 54.6 Å². The fourth-order valence-corrected chi connectivity index (χ4v) is 5.51. The smallest absolute Gasteiger partial charge is 0.142 e. The van der Waals surface area contributed by atoms with Crippen molar-refractivity contribution in [1.29, 1.82) is 0 Å². The highest BCUT2D eigenvalue weighted by Crippen LogP contribution is 2.38. The molecule has 0 bridgehead atoms. The van der Waals surface area contributed by atoms with Crippen LogP contribution in [0.2, 0.25) is 5.02 Å². The van der Waals surface area contributed by atoms with Crippen molar-refractivity contribution < 1.29 is 13.2 Å². The van der Waals surface area contributed by atoms with Crippen LogP contribution in [-0.2, 0) is 12.8 Å². The van der Waals surface area contributed by atoms with E-state index in [1.807, 2.05) is 0 Å². The second kappa shape index (κ2) is 12.1. The molecular formula is C31H34ClF3. The molecule has 0 radical (unpaired) electrons. The zero-order valence-electron chi connectivity index (χ0n) is 20.4. The van der Waals surface area contributed by atoms with Gasteiger partial charge < -0.3 is 0 Å². The number of hydrogen-bond donors (Lipinski definition) is 0. The zero-order chi connectivity index (χ0) is 24.8. The summed E-state index contributed by atoms with van der Waals surface area (Å²) in [6, 6.07) is 15.8. The summed E-state index contributed by atoms with van der Waals surface area (Å²) in [7, 11) is 0. The van der Waals surface area contributed by atoms with Crippen molar-refractivity contribution in [3.63, 3.8) is 0 Å². The molecule has 0 nitrogen and oxygen atoms in total. The van der Waals surface area contributed by atoms with Crippen molar-refractivity contribution in [2.75, 3.05) is 0 Å². The first-order chi connectivity index (χ1) is 16.9. The summed E-state index contributed by atoms with van der Waals surface area (Å²) in [5.41, 5.74) is 3.48. The van der Waals surface area contributed by atoms with Crippen LogP contribution in [-0.4, -0.2) is 0 Å². The molecule has 3 aromatic rings. The fraction of sp³-hybridized carbons (Fsp3) is 0.419. The second-order valence-electron chi connectivity index (χ2n) is 10.0. The Balaban J connectivity index is 1.30. The average molecular weight is 499 g/mol. The lowest BCUT2D eigenvalue weighted by atomic mass is 9.76. The molecule has 1 fully saturated rings. The molecule has 1 saturated carbocycles. The Bertz CT molecular complexity index is 1090. The molecule has 0 atom stereocenters. The van der Waals surface area contributed by atoms with Gasteiger partial charge in [0, 0.05) is 0 Å². The Kier molecular flexibility index (Phi) is 8.94. The van der Waals surface area contributed by atoms with Crippen LogP contribution in [0.4, 0.5) is 13.2 Å². The highest BCUT2D eigenvalue weighted by molar-refractivity contribution is 6.30. The Morgan fingerprint density at radius 1 is 0.743 bits per heavy atom. The third-order valence-electron chi connectivity index (χ3n) is 7.52. The fourth-order valence-electron chi connectivity index (χ4n) is 5.39. The average Bonchev–Trinajstić information content (AvgIpc) is 2.85. The van der Waals surface area contributed by atoms with Gasteiger partial charge in [0.25, 0.3) is 0 Å². The molecule has 0 amide bonds. The van der Waals surface area contributed by atoms with Gasteiger partial charge in [-0.05, 0) is 110 Å².